The number of piperidine rings is 1. The molecule has 2 aliphatic rings. The van der Waals surface area contributed by atoms with Crippen molar-refractivity contribution in [3.63, 3.8) is 0 Å². The smallest absolute Gasteiger partial charge is 0.134 e. The van der Waals surface area contributed by atoms with E-state index in [1.165, 1.54) is 12.8 Å². The number of carbonyl (C=O) groups excluding carboxylic acids is 1. The van der Waals surface area contributed by atoms with E-state index in [-0.39, 0.29) is 11.6 Å². The van der Waals surface area contributed by atoms with Gasteiger partial charge in [-0.25, -0.2) is 0 Å². The first-order valence-electron chi connectivity index (χ1n) is 9.64. The van der Waals surface area contributed by atoms with Crippen LogP contribution in [0.5, 0.6) is 0 Å². The summed E-state index contributed by atoms with van der Waals surface area (Å²) in [7, 11) is 0. The Hall–Kier alpha value is -0.810. The van der Waals surface area contributed by atoms with Crippen molar-refractivity contribution in [3.8, 4) is 0 Å². The maximum Gasteiger partial charge on any atom is 0.134 e. The monoisotopic (exact) mass is 340 g/mol. The van der Waals surface area contributed by atoms with Crippen LogP contribution in [0, 0.1) is 0 Å². The molecule has 5 nitrogen and oxygen atoms in total. The van der Waals surface area contributed by atoms with Crippen LogP contribution in [0.4, 0.5) is 4.79 Å². The predicted octanol–water partition coefficient (Wildman–Crippen LogP) is 2.43. The van der Waals surface area contributed by atoms with Crippen LogP contribution in [-0.2, 0) is 4.74 Å². The lowest BCUT2D eigenvalue weighted by molar-refractivity contribution is -0.997. The fraction of sp³-hybridized carbons (Fsp3) is 0.947. The second-order valence-corrected chi connectivity index (χ2v) is 8.97. The van der Waals surface area contributed by atoms with Crippen molar-refractivity contribution < 1.29 is 19.1 Å². The van der Waals surface area contributed by atoms with Crippen LogP contribution in [0.1, 0.15) is 73.1 Å². The van der Waals surface area contributed by atoms with E-state index < -0.39 is 6.09 Å². The van der Waals surface area contributed by atoms with Gasteiger partial charge in [0.15, 0.2) is 0 Å². The molecule has 0 radical (unpaired) electrons. The first-order chi connectivity index (χ1) is 11.1. The molecule has 0 spiro atoms. The molecular weight excluding hydrogens is 304 g/mol. The third-order valence-corrected chi connectivity index (χ3v) is 6.22. The minimum atomic E-state index is -1.14. The summed E-state index contributed by atoms with van der Waals surface area (Å²) in [4.78, 5) is 10.8. The van der Waals surface area contributed by atoms with Crippen molar-refractivity contribution in [2.75, 3.05) is 13.1 Å². The maximum absolute atomic E-state index is 10.8. The molecule has 0 aromatic carbocycles. The zero-order valence-electron chi connectivity index (χ0n) is 16.1. The Balaban J connectivity index is 2.02. The van der Waals surface area contributed by atoms with Crippen molar-refractivity contribution >= 4 is 6.09 Å². The Kier molecular flexibility index (Phi) is 6.19. The minimum absolute atomic E-state index is 0.0595. The highest BCUT2D eigenvalue weighted by Crippen LogP contribution is 2.40. The summed E-state index contributed by atoms with van der Waals surface area (Å²) in [5.74, 6) is 0. The number of hydrogen-bond donors (Lipinski definition) is 1. The molecule has 140 valence electrons. The Labute approximate surface area is 147 Å². The molecule has 0 unspecified atom stereocenters. The standard InChI is InChI=1S/C19H36N2O3/c1-14(2)24-17-8-6-16(7-9-17)21(19(3,4)5)12-10-15(11-13-21)20-18(22)23/h14-17,20H,6-13H2,1-5H3/t15?,16-,17+,21?. The van der Waals surface area contributed by atoms with Gasteiger partial charge in [0.1, 0.15) is 6.09 Å². The highest BCUT2D eigenvalue weighted by Gasteiger charge is 2.49. The van der Waals surface area contributed by atoms with Gasteiger partial charge in [-0.2, -0.15) is 0 Å². The predicted molar refractivity (Wildman–Crippen MR) is 93.6 cm³/mol. The lowest BCUT2D eigenvalue weighted by Crippen LogP contribution is -2.70. The lowest BCUT2D eigenvalue weighted by atomic mass is 9.83. The van der Waals surface area contributed by atoms with Crippen LogP contribution in [0.15, 0.2) is 0 Å². The number of quaternary nitrogens is 1. The van der Waals surface area contributed by atoms with E-state index in [0.717, 1.165) is 43.3 Å². The van der Waals surface area contributed by atoms with Gasteiger partial charge in [-0.05, 0) is 47.5 Å². The fourth-order valence-corrected chi connectivity index (χ4v) is 4.98. The van der Waals surface area contributed by atoms with Crippen LogP contribution in [0.3, 0.4) is 0 Å². The molecule has 0 aromatic rings. The van der Waals surface area contributed by atoms with E-state index in [1.807, 2.05) is 0 Å². The van der Waals surface area contributed by atoms with Gasteiger partial charge in [-0.1, -0.05) is 0 Å². The van der Waals surface area contributed by atoms with Crippen LogP contribution in [-0.4, -0.2) is 53.5 Å². The average Bonchev–Trinajstić information content (AvgIpc) is 2.46. The number of amides is 1. The third-order valence-electron chi connectivity index (χ3n) is 6.22. The first-order valence-corrected chi connectivity index (χ1v) is 9.64. The Bertz CT molecular complexity index is 415. The number of nitrogens with one attached hydrogen (secondary N) is 1. The second-order valence-electron chi connectivity index (χ2n) is 8.97. The molecular formula is C19H36N2O3. The molecule has 5 heteroatoms. The summed E-state index contributed by atoms with van der Waals surface area (Å²) in [6, 6.07) is 0.727. The second kappa shape index (κ2) is 7.61. The minimum Gasteiger partial charge on any atom is -0.530 e. The number of carbonyl (C=O) groups is 1. The van der Waals surface area contributed by atoms with Gasteiger partial charge < -0.3 is 24.4 Å². The van der Waals surface area contributed by atoms with Gasteiger partial charge >= 0.3 is 0 Å². The lowest BCUT2D eigenvalue weighted by Gasteiger charge is -2.58. The summed E-state index contributed by atoms with van der Waals surface area (Å²) < 4.78 is 7.13. The molecule has 1 heterocycles. The SMILES string of the molecule is CC(C)O[C@H]1CC[C@@H]([N+]2(C(C)(C)C)CCC(NC(=O)[O-])CC2)CC1. The summed E-state index contributed by atoms with van der Waals surface area (Å²) >= 11 is 0. The van der Waals surface area contributed by atoms with Crippen molar-refractivity contribution in [1.29, 1.82) is 0 Å². The van der Waals surface area contributed by atoms with E-state index in [9.17, 15) is 9.90 Å². The van der Waals surface area contributed by atoms with E-state index in [0.29, 0.717) is 18.2 Å². The quantitative estimate of drug-likeness (QED) is 0.800. The zero-order chi connectivity index (χ0) is 18.0. The van der Waals surface area contributed by atoms with E-state index in [4.69, 9.17) is 4.74 Å². The summed E-state index contributed by atoms with van der Waals surface area (Å²) in [5.41, 5.74) is 0.183. The molecule has 1 saturated carbocycles. The van der Waals surface area contributed by atoms with E-state index in [1.54, 1.807) is 0 Å². The maximum atomic E-state index is 10.8. The van der Waals surface area contributed by atoms with Crippen LogP contribution < -0.4 is 10.4 Å². The van der Waals surface area contributed by atoms with Gasteiger partial charge in [0.25, 0.3) is 0 Å². The summed E-state index contributed by atoms with van der Waals surface area (Å²) in [6.07, 6.45) is 6.14. The number of rotatable bonds is 4. The average molecular weight is 341 g/mol. The third kappa shape index (κ3) is 4.42. The number of nitrogens with zero attached hydrogens (tertiary/aromatic N) is 1. The molecule has 1 aliphatic heterocycles. The molecule has 1 amide bonds. The van der Waals surface area contributed by atoms with Crippen LogP contribution >= 0.6 is 0 Å². The largest absolute Gasteiger partial charge is 0.530 e. The van der Waals surface area contributed by atoms with E-state index in [2.05, 4.69) is 39.9 Å². The fourth-order valence-electron chi connectivity index (χ4n) is 4.98. The first kappa shape index (κ1) is 19.5. The van der Waals surface area contributed by atoms with Gasteiger partial charge in [0.05, 0.1) is 36.9 Å². The van der Waals surface area contributed by atoms with Crippen molar-refractivity contribution in [2.45, 2.75) is 103 Å². The molecule has 0 aromatic heterocycles. The van der Waals surface area contributed by atoms with Gasteiger partial charge in [0.2, 0.25) is 0 Å². The van der Waals surface area contributed by atoms with Gasteiger partial charge in [-0.3, -0.25) is 0 Å². The Morgan fingerprint density at radius 3 is 2.04 bits per heavy atom. The number of hydrogen-bond acceptors (Lipinski definition) is 3. The van der Waals surface area contributed by atoms with Gasteiger partial charge in [0, 0.05) is 31.7 Å². The molecule has 0 bridgehead atoms. The topological polar surface area (TPSA) is 61.4 Å². The summed E-state index contributed by atoms with van der Waals surface area (Å²) in [5, 5.41) is 13.4. The highest BCUT2D eigenvalue weighted by molar-refractivity contribution is 5.62. The molecule has 0 atom stereocenters. The van der Waals surface area contributed by atoms with Gasteiger partial charge in [-0.15, -0.1) is 0 Å². The van der Waals surface area contributed by atoms with Crippen molar-refractivity contribution in [2.24, 2.45) is 0 Å². The molecule has 1 saturated heterocycles. The Morgan fingerprint density at radius 1 is 1.08 bits per heavy atom. The molecule has 2 fully saturated rings. The van der Waals surface area contributed by atoms with Crippen LogP contribution in [0.25, 0.3) is 0 Å². The highest BCUT2D eigenvalue weighted by atomic mass is 16.5. The summed E-state index contributed by atoms with van der Waals surface area (Å²) in [6.45, 7) is 13.4. The van der Waals surface area contributed by atoms with Crippen molar-refractivity contribution in [3.05, 3.63) is 0 Å². The molecule has 2 rings (SSSR count). The molecule has 1 aliphatic carbocycles. The molecule has 24 heavy (non-hydrogen) atoms. The zero-order valence-corrected chi connectivity index (χ0v) is 16.1. The number of likely N-dealkylation sites (tertiary alicyclic amines) is 1. The number of carboxylic acid groups (broad SMARTS) is 1. The normalized spacial score (nSPS) is 35.0. The van der Waals surface area contributed by atoms with E-state index >= 15 is 0 Å². The Morgan fingerprint density at radius 2 is 1.62 bits per heavy atom. The number of ether oxygens (including phenoxy) is 1. The van der Waals surface area contributed by atoms with Crippen LogP contribution in [0.2, 0.25) is 0 Å². The van der Waals surface area contributed by atoms with Crippen molar-refractivity contribution in [1.82, 2.24) is 5.32 Å². The molecule has 1 N–H and O–H groups in total.